The fourth-order valence-corrected chi connectivity index (χ4v) is 1.51. The van der Waals surface area contributed by atoms with Crippen molar-refractivity contribution in [1.82, 2.24) is 9.97 Å². The molecule has 86 valence electrons. The number of carbonyl (C=O) groups excluding carboxylic acids is 1. The predicted molar refractivity (Wildman–Crippen MR) is 63.2 cm³/mol. The number of rotatable bonds is 4. The van der Waals surface area contributed by atoms with Gasteiger partial charge in [0.2, 0.25) is 0 Å². The van der Waals surface area contributed by atoms with Gasteiger partial charge in [-0.3, -0.25) is 14.8 Å². The Morgan fingerprint density at radius 3 is 2.88 bits per heavy atom. The number of hydrogen-bond donors (Lipinski definition) is 0. The van der Waals surface area contributed by atoms with Gasteiger partial charge in [0.25, 0.3) is 0 Å². The Morgan fingerprint density at radius 1 is 1.35 bits per heavy atom. The lowest BCUT2D eigenvalue weighted by molar-refractivity contribution is 0.112. The van der Waals surface area contributed by atoms with Crippen molar-refractivity contribution in [2.24, 2.45) is 0 Å². The van der Waals surface area contributed by atoms with Gasteiger partial charge in [0.15, 0.2) is 0 Å². The van der Waals surface area contributed by atoms with E-state index in [9.17, 15) is 4.79 Å². The van der Waals surface area contributed by atoms with E-state index in [4.69, 9.17) is 16.3 Å². The average molecular weight is 249 g/mol. The first-order valence-electron chi connectivity index (χ1n) is 4.92. The molecule has 0 fully saturated rings. The lowest BCUT2D eigenvalue weighted by atomic mass is 10.2. The maximum Gasteiger partial charge on any atom is 0.150 e. The van der Waals surface area contributed by atoms with Crippen LogP contribution in [-0.2, 0) is 6.61 Å². The SMILES string of the molecule is O=Cc1ccc(OCc2cnccn2)c(Cl)c1. The fourth-order valence-electron chi connectivity index (χ4n) is 1.26. The van der Waals surface area contributed by atoms with Crippen LogP contribution in [0.15, 0.2) is 36.8 Å². The average Bonchev–Trinajstić information content (AvgIpc) is 2.38. The van der Waals surface area contributed by atoms with Gasteiger partial charge in [-0.2, -0.15) is 0 Å². The molecule has 17 heavy (non-hydrogen) atoms. The van der Waals surface area contributed by atoms with Crippen LogP contribution in [0.3, 0.4) is 0 Å². The zero-order valence-corrected chi connectivity index (χ0v) is 9.59. The summed E-state index contributed by atoms with van der Waals surface area (Å²) < 4.78 is 5.47. The molecule has 0 N–H and O–H groups in total. The Labute approximate surface area is 103 Å². The minimum absolute atomic E-state index is 0.286. The number of aromatic nitrogens is 2. The molecule has 0 atom stereocenters. The molecule has 0 aliphatic heterocycles. The zero-order chi connectivity index (χ0) is 12.1. The molecule has 0 spiro atoms. The number of ether oxygens (including phenoxy) is 1. The van der Waals surface area contributed by atoms with Crippen molar-refractivity contribution in [2.45, 2.75) is 6.61 Å². The van der Waals surface area contributed by atoms with E-state index in [0.29, 0.717) is 22.0 Å². The highest BCUT2D eigenvalue weighted by Gasteiger charge is 2.03. The van der Waals surface area contributed by atoms with Crippen LogP contribution in [0, 0.1) is 0 Å². The van der Waals surface area contributed by atoms with Crippen molar-refractivity contribution in [3.05, 3.63) is 53.1 Å². The van der Waals surface area contributed by atoms with E-state index in [0.717, 1.165) is 6.29 Å². The summed E-state index contributed by atoms with van der Waals surface area (Å²) in [4.78, 5) is 18.5. The maximum atomic E-state index is 10.5. The minimum Gasteiger partial charge on any atom is -0.486 e. The van der Waals surface area contributed by atoms with Crippen LogP contribution in [0.4, 0.5) is 0 Å². The van der Waals surface area contributed by atoms with Gasteiger partial charge >= 0.3 is 0 Å². The van der Waals surface area contributed by atoms with E-state index in [1.54, 1.807) is 36.8 Å². The van der Waals surface area contributed by atoms with Crippen LogP contribution < -0.4 is 4.74 Å². The van der Waals surface area contributed by atoms with Gasteiger partial charge in [-0.25, -0.2) is 0 Å². The first-order chi connectivity index (χ1) is 8.29. The molecule has 0 aliphatic rings. The Hall–Kier alpha value is -1.94. The van der Waals surface area contributed by atoms with Crippen molar-refractivity contribution in [2.75, 3.05) is 0 Å². The molecule has 1 heterocycles. The minimum atomic E-state index is 0.286. The number of halogens is 1. The van der Waals surface area contributed by atoms with E-state index in [2.05, 4.69) is 9.97 Å². The van der Waals surface area contributed by atoms with Gasteiger partial charge < -0.3 is 4.74 Å². The van der Waals surface area contributed by atoms with Crippen LogP contribution in [0.2, 0.25) is 5.02 Å². The Bertz CT molecular complexity index is 517. The summed E-state index contributed by atoms with van der Waals surface area (Å²) in [5.41, 5.74) is 1.23. The monoisotopic (exact) mass is 248 g/mol. The second-order valence-electron chi connectivity index (χ2n) is 3.29. The molecule has 1 aromatic heterocycles. The predicted octanol–water partition coefficient (Wildman–Crippen LogP) is 2.52. The van der Waals surface area contributed by atoms with Gasteiger partial charge in [0, 0.05) is 18.0 Å². The van der Waals surface area contributed by atoms with Crippen LogP contribution in [0.1, 0.15) is 16.1 Å². The first-order valence-corrected chi connectivity index (χ1v) is 5.30. The highest BCUT2D eigenvalue weighted by atomic mass is 35.5. The van der Waals surface area contributed by atoms with E-state index < -0.39 is 0 Å². The molecule has 2 aromatic rings. The number of benzene rings is 1. The zero-order valence-electron chi connectivity index (χ0n) is 8.84. The van der Waals surface area contributed by atoms with Crippen molar-refractivity contribution in [3.8, 4) is 5.75 Å². The molecule has 0 unspecified atom stereocenters. The number of carbonyl (C=O) groups is 1. The van der Waals surface area contributed by atoms with Crippen LogP contribution in [0.25, 0.3) is 0 Å². The summed E-state index contributed by atoms with van der Waals surface area (Å²) in [7, 11) is 0. The highest BCUT2D eigenvalue weighted by molar-refractivity contribution is 6.32. The lowest BCUT2D eigenvalue weighted by Gasteiger charge is -2.07. The molecule has 2 rings (SSSR count). The molecular formula is C12H9ClN2O2. The van der Waals surface area contributed by atoms with Gasteiger partial charge in [-0.05, 0) is 18.2 Å². The van der Waals surface area contributed by atoms with Crippen LogP contribution in [-0.4, -0.2) is 16.3 Å². The van der Waals surface area contributed by atoms with Gasteiger partial charge in [-0.1, -0.05) is 11.6 Å². The number of nitrogens with zero attached hydrogens (tertiary/aromatic N) is 2. The molecule has 4 nitrogen and oxygen atoms in total. The van der Waals surface area contributed by atoms with Gasteiger partial charge in [-0.15, -0.1) is 0 Å². The summed E-state index contributed by atoms with van der Waals surface area (Å²) in [6, 6.07) is 4.86. The van der Waals surface area contributed by atoms with E-state index in [1.165, 1.54) is 0 Å². The van der Waals surface area contributed by atoms with Crippen molar-refractivity contribution in [3.63, 3.8) is 0 Å². The molecule has 0 radical (unpaired) electrons. The quantitative estimate of drug-likeness (QED) is 0.780. The number of aldehydes is 1. The Morgan fingerprint density at radius 2 is 2.24 bits per heavy atom. The number of hydrogen-bond acceptors (Lipinski definition) is 4. The van der Waals surface area contributed by atoms with Crippen molar-refractivity contribution in [1.29, 1.82) is 0 Å². The van der Waals surface area contributed by atoms with Crippen molar-refractivity contribution >= 4 is 17.9 Å². The first kappa shape index (κ1) is 11.5. The van der Waals surface area contributed by atoms with Crippen molar-refractivity contribution < 1.29 is 9.53 Å². The van der Waals surface area contributed by atoms with E-state index in [-0.39, 0.29) is 6.61 Å². The summed E-state index contributed by atoms with van der Waals surface area (Å²) in [5.74, 6) is 0.517. The molecule has 1 aromatic carbocycles. The third-order valence-electron chi connectivity index (χ3n) is 2.08. The Kier molecular flexibility index (Phi) is 3.67. The van der Waals surface area contributed by atoms with Crippen LogP contribution >= 0.6 is 11.6 Å². The highest BCUT2D eigenvalue weighted by Crippen LogP contribution is 2.25. The van der Waals surface area contributed by atoms with E-state index in [1.807, 2.05) is 0 Å². The third-order valence-corrected chi connectivity index (χ3v) is 2.38. The van der Waals surface area contributed by atoms with Crippen LogP contribution in [0.5, 0.6) is 5.75 Å². The molecule has 0 saturated heterocycles. The second-order valence-corrected chi connectivity index (χ2v) is 3.70. The van der Waals surface area contributed by atoms with Gasteiger partial charge in [0.1, 0.15) is 18.6 Å². The molecular weight excluding hydrogens is 240 g/mol. The second kappa shape index (κ2) is 5.41. The van der Waals surface area contributed by atoms with Gasteiger partial charge in [0.05, 0.1) is 16.9 Å². The summed E-state index contributed by atoms with van der Waals surface area (Å²) in [6.07, 6.45) is 5.54. The molecule has 0 bridgehead atoms. The summed E-state index contributed by atoms with van der Waals surface area (Å²) in [5, 5.41) is 0.401. The molecule has 5 heteroatoms. The van der Waals surface area contributed by atoms with E-state index >= 15 is 0 Å². The molecule has 0 amide bonds. The third kappa shape index (κ3) is 3.01. The smallest absolute Gasteiger partial charge is 0.150 e. The molecule has 0 aliphatic carbocycles. The topological polar surface area (TPSA) is 52.1 Å². The standard InChI is InChI=1S/C12H9ClN2O2/c13-11-5-9(7-16)1-2-12(11)17-8-10-6-14-3-4-15-10/h1-7H,8H2. The largest absolute Gasteiger partial charge is 0.486 e. The fraction of sp³-hybridized carbons (Fsp3) is 0.0833. The normalized spacial score (nSPS) is 9.94. The lowest BCUT2D eigenvalue weighted by Crippen LogP contribution is -1.99. The summed E-state index contributed by atoms with van der Waals surface area (Å²) >= 11 is 5.95. The molecule has 0 saturated carbocycles. The Balaban J connectivity index is 2.07. The summed E-state index contributed by atoms with van der Waals surface area (Å²) in [6.45, 7) is 0.286. The maximum absolute atomic E-state index is 10.5.